The molecule has 0 bridgehead atoms. The molecule has 0 radical (unpaired) electrons. The average molecular weight is 486 g/mol. The highest BCUT2D eigenvalue weighted by molar-refractivity contribution is 8.00. The fourth-order valence-corrected chi connectivity index (χ4v) is 4.68. The van der Waals surface area contributed by atoms with E-state index < -0.39 is 5.97 Å². The Morgan fingerprint density at radius 1 is 1.03 bits per heavy atom. The Morgan fingerprint density at radius 3 is 2.69 bits per heavy atom. The first kappa shape index (κ1) is 24.0. The number of fused-ring (bicyclic) bond motifs is 1. The number of anilines is 2. The van der Waals surface area contributed by atoms with Gasteiger partial charge in [-0.15, -0.1) is 11.8 Å². The minimum atomic E-state index is -0.617. The van der Waals surface area contributed by atoms with Gasteiger partial charge in [-0.2, -0.15) is 5.26 Å². The molecule has 7 nitrogen and oxygen atoms in total. The van der Waals surface area contributed by atoms with Gasteiger partial charge in [-0.1, -0.05) is 36.4 Å². The molecule has 1 heterocycles. The molecular formula is C27H23N3O4S. The second-order valence-electron chi connectivity index (χ2n) is 7.88. The maximum atomic E-state index is 12.8. The second-order valence-corrected chi connectivity index (χ2v) is 8.90. The standard InChI is InChI=1S/C27H23N3O4S/c28-16-19-7-5-10-21(15-19)29-25(31)18-35-24-13-4-2-11-22(24)27(33)34-17-26(32)30-14-6-9-20-8-1-3-12-23(20)30/h1-5,7-8,10-13,15H,6,9,14,17-18H2,(H,29,31). The number of thioether (sulfide) groups is 1. The van der Waals surface area contributed by atoms with Crippen molar-refractivity contribution in [1.29, 1.82) is 5.26 Å². The molecule has 0 aromatic heterocycles. The maximum absolute atomic E-state index is 12.8. The molecule has 8 heteroatoms. The monoisotopic (exact) mass is 485 g/mol. The third kappa shape index (κ3) is 6.08. The van der Waals surface area contributed by atoms with Gasteiger partial charge >= 0.3 is 5.97 Å². The van der Waals surface area contributed by atoms with E-state index in [4.69, 9.17) is 10.00 Å². The smallest absolute Gasteiger partial charge is 0.339 e. The molecule has 0 fully saturated rings. The van der Waals surface area contributed by atoms with Crippen molar-refractivity contribution in [2.75, 3.05) is 29.1 Å². The van der Waals surface area contributed by atoms with Crippen LogP contribution < -0.4 is 10.2 Å². The molecule has 1 aliphatic heterocycles. The first-order valence-electron chi connectivity index (χ1n) is 11.1. The van der Waals surface area contributed by atoms with Crippen molar-refractivity contribution in [3.8, 4) is 6.07 Å². The molecule has 1 N–H and O–H groups in total. The van der Waals surface area contributed by atoms with E-state index in [2.05, 4.69) is 5.32 Å². The van der Waals surface area contributed by atoms with E-state index in [9.17, 15) is 14.4 Å². The molecule has 0 saturated heterocycles. The van der Waals surface area contributed by atoms with Gasteiger partial charge in [0.25, 0.3) is 5.91 Å². The van der Waals surface area contributed by atoms with Gasteiger partial charge in [0.2, 0.25) is 5.91 Å². The van der Waals surface area contributed by atoms with Crippen LogP contribution in [0.5, 0.6) is 0 Å². The second kappa shape index (κ2) is 11.4. The van der Waals surface area contributed by atoms with Crippen LogP contribution in [-0.4, -0.2) is 36.7 Å². The number of hydrogen-bond acceptors (Lipinski definition) is 6. The largest absolute Gasteiger partial charge is 0.452 e. The van der Waals surface area contributed by atoms with Crippen LogP contribution in [0.2, 0.25) is 0 Å². The summed E-state index contributed by atoms with van der Waals surface area (Å²) in [4.78, 5) is 40.2. The minimum Gasteiger partial charge on any atom is -0.452 e. The van der Waals surface area contributed by atoms with Gasteiger partial charge in [0.1, 0.15) is 0 Å². The minimum absolute atomic E-state index is 0.0601. The van der Waals surface area contributed by atoms with E-state index in [0.717, 1.165) is 24.1 Å². The normalized spacial score (nSPS) is 12.3. The molecule has 0 atom stereocenters. The number of carbonyl (C=O) groups is 3. The van der Waals surface area contributed by atoms with Crippen molar-refractivity contribution in [3.05, 3.63) is 89.5 Å². The van der Waals surface area contributed by atoms with E-state index in [0.29, 0.717) is 28.3 Å². The van der Waals surface area contributed by atoms with Crippen LogP contribution in [-0.2, 0) is 20.7 Å². The fourth-order valence-electron chi connectivity index (χ4n) is 3.84. The van der Waals surface area contributed by atoms with Gasteiger partial charge in [0.15, 0.2) is 6.61 Å². The fraction of sp³-hybridized carbons (Fsp3) is 0.185. The van der Waals surface area contributed by atoms with E-state index in [1.165, 1.54) is 11.8 Å². The van der Waals surface area contributed by atoms with Crippen molar-refractivity contribution in [2.45, 2.75) is 17.7 Å². The number of nitriles is 1. The molecular weight excluding hydrogens is 462 g/mol. The molecule has 1 aliphatic rings. The zero-order valence-corrected chi connectivity index (χ0v) is 19.7. The number of ether oxygens (including phenoxy) is 1. The van der Waals surface area contributed by atoms with Crippen LogP contribution in [0.25, 0.3) is 0 Å². The number of rotatable bonds is 7. The molecule has 3 aromatic rings. The summed E-state index contributed by atoms with van der Waals surface area (Å²) < 4.78 is 5.35. The lowest BCUT2D eigenvalue weighted by Gasteiger charge is -2.29. The molecule has 0 aliphatic carbocycles. The summed E-state index contributed by atoms with van der Waals surface area (Å²) in [6.45, 7) is 0.230. The summed E-state index contributed by atoms with van der Waals surface area (Å²) in [5.41, 5.74) is 3.25. The van der Waals surface area contributed by atoms with E-state index in [-0.39, 0.29) is 24.2 Å². The first-order valence-corrected chi connectivity index (χ1v) is 12.1. The Balaban J connectivity index is 1.34. The molecule has 4 rings (SSSR count). The van der Waals surface area contributed by atoms with Gasteiger partial charge in [-0.3, -0.25) is 9.59 Å². The van der Waals surface area contributed by atoms with Crippen LogP contribution in [0.1, 0.15) is 27.9 Å². The maximum Gasteiger partial charge on any atom is 0.339 e. The van der Waals surface area contributed by atoms with E-state index in [1.54, 1.807) is 53.4 Å². The van der Waals surface area contributed by atoms with E-state index in [1.807, 2.05) is 30.3 Å². The van der Waals surface area contributed by atoms with Crippen molar-refractivity contribution >= 4 is 40.9 Å². The van der Waals surface area contributed by atoms with Gasteiger partial charge in [0.05, 0.1) is 22.9 Å². The topological polar surface area (TPSA) is 99.5 Å². The van der Waals surface area contributed by atoms with Crippen LogP contribution in [0.3, 0.4) is 0 Å². The van der Waals surface area contributed by atoms with Gasteiger partial charge in [-0.25, -0.2) is 4.79 Å². The summed E-state index contributed by atoms with van der Waals surface area (Å²) in [7, 11) is 0. The number of nitrogens with zero attached hydrogens (tertiary/aromatic N) is 2. The zero-order chi connectivity index (χ0) is 24.6. The van der Waals surface area contributed by atoms with Crippen molar-refractivity contribution < 1.29 is 19.1 Å². The SMILES string of the molecule is N#Cc1cccc(NC(=O)CSc2ccccc2C(=O)OCC(=O)N2CCCc3ccccc32)c1. The lowest BCUT2D eigenvalue weighted by molar-refractivity contribution is -0.121. The lowest BCUT2D eigenvalue weighted by Crippen LogP contribution is -2.38. The van der Waals surface area contributed by atoms with Crippen LogP contribution in [0.15, 0.2) is 77.7 Å². The number of benzene rings is 3. The average Bonchev–Trinajstić information content (AvgIpc) is 2.90. The first-order chi connectivity index (χ1) is 17.0. The molecule has 2 amide bonds. The third-order valence-corrected chi connectivity index (χ3v) is 6.55. The van der Waals surface area contributed by atoms with Gasteiger partial charge in [-0.05, 0) is 54.8 Å². The number of esters is 1. The van der Waals surface area contributed by atoms with Crippen molar-refractivity contribution in [3.63, 3.8) is 0 Å². The predicted octanol–water partition coefficient (Wildman–Crippen LogP) is 4.43. The Morgan fingerprint density at radius 2 is 1.83 bits per heavy atom. The summed E-state index contributed by atoms with van der Waals surface area (Å²) in [6.07, 6.45) is 1.78. The number of nitrogens with one attached hydrogen (secondary N) is 1. The Bertz CT molecular complexity index is 1300. The predicted molar refractivity (Wildman–Crippen MR) is 134 cm³/mol. The number of carbonyl (C=O) groups excluding carboxylic acids is 3. The zero-order valence-electron chi connectivity index (χ0n) is 18.9. The van der Waals surface area contributed by atoms with E-state index >= 15 is 0 Å². The molecule has 3 aromatic carbocycles. The molecule has 35 heavy (non-hydrogen) atoms. The molecule has 0 saturated carbocycles. The summed E-state index contributed by atoms with van der Waals surface area (Å²) >= 11 is 1.19. The van der Waals surface area contributed by atoms with Gasteiger partial charge in [0, 0.05) is 22.8 Å². The highest BCUT2D eigenvalue weighted by Gasteiger charge is 2.24. The van der Waals surface area contributed by atoms with Gasteiger partial charge < -0.3 is 15.0 Å². The van der Waals surface area contributed by atoms with Crippen LogP contribution in [0.4, 0.5) is 11.4 Å². The number of aryl methyl sites for hydroxylation is 1. The summed E-state index contributed by atoms with van der Waals surface area (Å²) in [6, 6.07) is 23.2. The molecule has 0 unspecified atom stereocenters. The quantitative estimate of drug-likeness (QED) is 0.393. The number of amides is 2. The highest BCUT2D eigenvalue weighted by atomic mass is 32.2. The number of para-hydroxylation sites is 1. The highest BCUT2D eigenvalue weighted by Crippen LogP contribution is 2.27. The summed E-state index contributed by atoms with van der Waals surface area (Å²) in [5.74, 6) is -1.10. The number of hydrogen-bond donors (Lipinski definition) is 1. The van der Waals surface area contributed by atoms with Crippen LogP contribution >= 0.6 is 11.8 Å². The molecule has 176 valence electrons. The lowest BCUT2D eigenvalue weighted by atomic mass is 10.0. The Labute approximate surface area is 207 Å². The van der Waals surface area contributed by atoms with Crippen molar-refractivity contribution in [1.82, 2.24) is 0 Å². The van der Waals surface area contributed by atoms with Crippen LogP contribution in [0, 0.1) is 11.3 Å². The van der Waals surface area contributed by atoms with Crippen molar-refractivity contribution in [2.24, 2.45) is 0 Å². The summed E-state index contributed by atoms with van der Waals surface area (Å²) in [5, 5.41) is 11.7. The Kier molecular flexibility index (Phi) is 7.81. The Hall–Kier alpha value is -4.09. The third-order valence-electron chi connectivity index (χ3n) is 5.48. The molecule has 0 spiro atoms.